The van der Waals surface area contributed by atoms with Crippen molar-refractivity contribution in [2.75, 3.05) is 7.05 Å². The van der Waals surface area contributed by atoms with Gasteiger partial charge in [0.1, 0.15) is 5.69 Å². The minimum absolute atomic E-state index is 0.0239. The van der Waals surface area contributed by atoms with E-state index in [4.69, 9.17) is 5.10 Å². The molecule has 0 N–H and O–H groups in total. The van der Waals surface area contributed by atoms with E-state index in [2.05, 4.69) is 23.6 Å². The molecule has 4 rings (SSSR count). The first-order valence-corrected chi connectivity index (χ1v) is 11.1. The van der Waals surface area contributed by atoms with Crippen LogP contribution in [0.4, 0.5) is 0 Å². The van der Waals surface area contributed by atoms with Crippen LogP contribution in [0.15, 0.2) is 76.9 Å². The summed E-state index contributed by atoms with van der Waals surface area (Å²) < 4.78 is 1.93. The molecule has 1 amide bonds. The van der Waals surface area contributed by atoms with Gasteiger partial charge < -0.3 is 4.90 Å². The highest BCUT2D eigenvalue weighted by Gasteiger charge is 2.12. The van der Waals surface area contributed by atoms with E-state index < -0.39 is 0 Å². The predicted octanol–water partition coefficient (Wildman–Crippen LogP) is 5.39. The molecule has 0 spiro atoms. The van der Waals surface area contributed by atoms with Crippen LogP contribution in [0.1, 0.15) is 16.7 Å². The van der Waals surface area contributed by atoms with E-state index in [0.717, 1.165) is 21.7 Å². The van der Waals surface area contributed by atoms with Gasteiger partial charge in [-0.1, -0.05) is 36.4 Å². The maximum Gasteiger partial charge on any atom is 0.246 e. The van der Waals surface area contributed by atoms with Crippen molar-refractivity contribution in [3.63, 3.8) is 0 Å². The molecule has 146 valence electrons. The normalized spacial score (nSPS) is 11.2. The molecule has 0 saturated heterocycles. The fraction of sp³-hybridized carbons (Fsp3) is 0.130. The van der Waals surface area contributed by atoms with Crippen molar-refractivity contribution in [1.29, 1.82) is 0 Å². The second kappa shape index (κ2) is 9.03. The fourth-order valence-corrected chi connectivity index (χ4v) is 4.43. The number of hydrogen-bond donors (Lipinski definition) is 0. The topological polar surface area (TPSA) is 38.1 Å². The summed E-state index contributed by atoms with van der Waals surface area (Å²) in [4.78, 5) is 15.4. The van der Waals surface area contributed by atoms with Crippen molar-refractivity contribution >= 4 is 34.7 Å². The molecule has 4 nitrogen and oxygen atoms in total. The molecule has 4 aromatic rings. The third kappa shape index (κ3) is 4.91. The third-order valence-corrected chi connectivity index (χ3v) is 6.12. The number of carbonyl (C=O) groups is 1. The Morgan fingerprint density at radius 1 is 1.10 bits per heavy atom. The summed E-state index contributed by atoms with van der Waals surface area (Å²) in [7, 11) is 1.82. The number of benzene rings is 1. The lowest BCUT2D eigenvalue weighted by atomic mass is 10.2. The summed E-state index contributed by atoms with van der Waals surface area (Å²) in [5, 5.41) is 10.9. The Balaban J connectivity index is 1.55. The largest absolute Gasteiger partial charge is 0.338 e. The monoisotopic (exact) mass is 419 g/mol. The van der Waals surface area contributed by atoms with Gasteiger partial charge in [0.25, 0.3) is 0 Å². The highest BCUT2D eigenvalue weighted by atomic mass is 32.1. The maximum absolute atomic E-state index is 12.6. The molecule has 1 aromatic carbocycles. The van der Waals surface area contributed by atoms with Crippen molar-refractivity contribution in [2.24, 2.45) is 0 Å². The lowest BCUT2D eigenvalue weighted by Crippen LogP contribution is -2.23. The predicted molar refractivity (Wildman–Crippen MR) is 121 cm³/mol. The average Bonchev–Trinajstić information content (AvgIpc) is 3.49. The van der Waals surface area contributed by atoms with Crippen molar-refractivity contribution < 1.29 is 4.79 Å². The quantitative estimate of drug-likeness (QED) is 0.377. The second-order valence-corrected chi connectivity index (χ2v) is 8.48. The van der Waals surface area contributed by atoms with Crippen molar-refractivity contribution in [3.8, 4) is 10.6 Å². The number of rotatable bonds is 7. The van der Waals surface area contributed by atoms with Crippen molar-refractivity contribution in [2.45, 2.75) is 13.1 Å². The molecule has 0 radical (unpaired) electrons. The molecule has 0 aliphatic carbocycles. The first-order chi connectivity index (χ1) is 14.2. The zero-order chi connectivity index (χ0) is 20.1. The van der Waals surface area contributed by atoms with Gasteiger partial charge in [-0.05, 0) is 45.5 Å². The van der Waals surface area contributed by atoms with Crippen LogP contribution in [-0.2, 0) is 17.9 Å². The van der Waals surface area contributed by atoms with E-state index in [1.807, 2.05) is 65.1 Å². The average molecular weight is 420 g/mol. The van der Waals surface area contributed by atoms with Gasteiger partial charge in [-0.3, -0.25) is 9.48 Å². The van der Waals surface area contributed by atoms with Crippen LogP contribution in [0.2, 0.25) is 0 Å². The van der Waals surface area contributed by atoms with Crippen LogP contribution in [0, 0.1) is 0 Å². The van der Waals surface area contributed by atoms with E-state index in [0.29, 0.717) is 13.1 Å². The zero-order valence-electron chi connectivity index (χ0n) is 16.1. The number of aromatic nitrogens is 2. The summed E-state index contributed by atoms with van der Waals surface area (Å²) in [6.07, 6.45) is 5.51. The van der Waals surface area contributed by atoms with E-state index in [1.165, 1.54) is 5.56 Å². The maximum atomic E-state index is 12.6. The van der Waals surface area contributed by atoms with Crippen LogP contribution >= 0.6 is 22.7 Å². The third-order valence-electron chi connectivity index (χ3n) is 4.51. The first-order valence-electron chi connectivity index (χ1n) is 9.28. The molecular formula is C23H21N3OS2. The fourth-order valence-electron chi connectivity index (χ4n) is 3.04. The summed E-state index contributed by atoms with van der Waals surface area (Å²) in [6, 6.07) is 16.4. The van der Waals surface area contributed by atoms with Gasteiger partial charge in [-0.2, -0.15) is 16.4 Å². The van der Waals surface area contributed by atoms with Gasteiger partial charge >= 0.3 is 0 Å². The molecule has 0 atom stereocenters. The smallest absolute Gasteiger partial charge is 0.246 e. The Hall–Kier alpha value is -2.96. The first kappa shape index (κ1) is 19.4. The SMILES string of the molecule is CN(Cc1ccsc1)C(=O)C=Cc1cn(Cc2ccccc2)nc1-c1cccs1. The number of likely N-dealkylation sites (N-methyl/N-ethyl adjacent to an activating group) is 1. The van der Waals surface area contributed by atoms with Gasteiger partial charge in [0.2, 0.25) is 5.91 Å². The molecule has 29 heavy (non-hydrogen) atoms. The summed E-state index contributed by atoms with van der Waals surface area (Å²) >= 11 is 3.29. The van der Waals surface area contributed by atoms with Crippen LogP contribution in [0.25, 0.3) is 16.6 Å². The van der Waals surface area contributed by atoms with Gasteiger partial charge in [0, 0.05) is 31.4 Å². The van der Waals surface area contributed by atoms with Gasteiger partial charge in [0.05, 0.1) is 11.4 Å². The molecular weight excluding hydrogens is 398 g/mol. The zero-order valence-corrected chi connectivity index (χ0v) is 17.7. The number of thiophene rings is 2. The molecule has 3 aromatic heterocycles. The van der Waals surface area contributed by atoms with Crippen molar-refractivity contribution in [3.05, 3.63) is 93.6 Å². The highest BCUT2D eigenvalue weighted by Crippen LogP contribution is 2.28. The van der Waals surface area contributed by atoms with Gasteiger partial charge in [0.15, 0.2) is 0 Å². The number of hydrogen-bond acceptors (Lipinski definition) is 4. The molecule has 0 fully saturated rings. The van der Waals surface area contributed by atoms with Crippen LogP contribution < -0.4 is 0 Å². The Kier molecular flexibility index (Phi) is 6.03. The Morgan fingerprint density at radius 3 is 2.69 bits per heavy atom. The molecule has 0 aliphatic rings. The van der Waals surface area contributed by atoms with E-state index in [-0.39, 0.29) is 5.91 Å². The molecule has 0 unspecified atom stereocenters. The molecule has 0 saturated carbocycles. The lowest BCUT2D eigenvalue weighted by molar-refractivity contribution is -0.125. The molecule has 0 aliphatic heterocycles. The summed E-state index contributed by atoms with van der Waals surface area (Å²) in [6.45, 7) is 1.30. The van der Waals surface area contributed by atoms with Gasteiger partial charge in [-0.25, -0.2) is 0 Å². The lowest BCUT2D eigenvalue weighted by Gasteiger charge is -2.13. The summed E-state index contributed by atoms with van der Waals surface area (Å²) in [5.41, 5.74) is 4.19. The standard InChI is InChI=1S/C23H21N3OS2/c1-25(14-19-11-13-28-17-19)22(27)10-9-20-16-26(15-18-6-3-2-4-7-18)24-23(20)21-8-5-12-29-21/h2-13,16-17H,14-15H2,1H3. The van der Waals surface area contributed by atoms with Crippen LogP contribution in [-0.4, -0.2) is 27.6 Å². The van der Waals surface area contributed by atoms with Crippen molar-refractivity contribution in [1.82, 2.24) is 14.7 Å². The minimum atomic E-state index is -0.0239. The Labute approximate surface area is 178 Å². The van der Waals surface area contributed by atoms with E-state index in [9.17, 15) is 4.79 Å². The van der Waals surface area contributed by atoms with E-state index >= 15 is 0 Å². The highest BCUT2D eigenvalue weighted by molar-refractivity contribution is 7.13. The molecule has 6 heteroatoms. The minimum Gasteiger partial charge on any atom is -0.338 e. The molecule has 3 heterocycles. The Morgan fingerprint density at radius 2 is 1.97 bits per heavy atom. The van der Waals surface area contributed by atoms with Crippen LogP contribution in [0.5, 0.6) is 0 Å². The number of nitrogens with zero attached hydrogens (tertiary/aromatic N) is 3. The Bertz CT molecular complexity index is 1080. The summed E-state index contributed by atoms with van der Waals surface area (Å²) in [5.74, 6) is -0.0239. The number of amides is 1. The number of carbonyl (C=O) groups excluding carboxylic acids is 1. The second-order valence-electron chi connectivity index (χ2n) is 6.75. The van der Waals surface area contributed by atoms with Gasteiger partial charge in [-0.15, -0.1) is 11.3 Å². The van der Waals surface area contributed by atoms with Crippen LogP contribution in [0.3, 0.4) is 0 Å². The molecule has 0 bridgehead atoms. The van der Waals surface area contributed by atoms with E-state index in [1.54, 1.807) is 33.6 Å².